The summed E-state index contributed by atoms with van der Waals surface area (Å²) >= 11 is 4.52. The highest BCUT2D eigenvalue weighted by molar-refractivity contribution is 7.78. The molecule has 0 fully saturated rings. The Bertz CT molecular complexity index is 662. The second-order valence-corrected chi connectivity index (χ2v) is 6.07. The zero-order valence-electron chi connectivity index (χ0n) is 20.5. The summed E-state index contributed by atoms with van der Waals surface area (Å²) < 4.78 is 4.95. The van der Waals surface area contributed by atoms with Crippen molar-refractivity contribution in [2.45, 2.75) is 68.7 Å². The van der Waals surface area contributed by atoms with Crippen molar-refractivity contribution in [2.75, 3.05) is 12.4 Å². The first-order valence-electron chi connectivity index (χ1n) is 10.6. The number of benzene rings is 2. The molecule has 0 unspecified atom stereocenters. The summed E-state index contributed by atoms with van der Waals surface area (Å²) in [6.45, 7) is 18.1. The average Bonchev–Trinajstić information content (AvgIpc) is 2.74. The van der Waals surface area contributed by atoms with Crippen LogP contribution in [0.4, 0.5) is 5.69 Å². The molecule has 2 aromatic rings. The molecule has 0 spiro atoms. The van der Waals surface area contributed by atoms with Crippen LogP contribution in [0.3, 0.4) is 0 Å². The molecule has 0 aliphatic rings. The molecule has 3 N–H and O–H groups in total. The molecule has 0 aromatic heterocycles. The van der Waals surface area contributed by atoms with Crippen molar-refractivity contribution in [2.24, 2.45) is 0 Å². The maximum Gasteiger partial charge on any atom is 0.488 e. The Balaban J connectivity index is -0.000000381. The van der Waals surface area contributed by atoms with Crippen LogP contribution in [0.2, 0.25) is 0 Å². The maximum absolute atomic E-state index is 9.04. The van der Waals surface area contributed by atoms with Crippen molar-refractivity contribution >= 4 is 36.0 Å². The summed E-state index contributed by atoms with van der Waals surface area (Å²) in [5, 5.41) is 21.1. The van der Waals surface area contributed by atoms with Crippen molar-refractivity contribution < 1.29 is 14.8 Å². The highest BCUT2D eigenvalue weighted by atomic mass is 32.1. The summed E-state index contributed by atoms with van der Waals surface area (Å²) in [6, 6.07) is 11.4. The second-order valence-electron chi connectivity index (χ2n) is 5.88. The lowest BCUT2D eigenvalue weighted by atomic mass is 9.76. The number of hydrogen-bond acceptors (Lipinski definition) is 5. The summed E-state index contributed by atoms with van der Waals surface area (Å²) in [4.78, 5) is 0. The number of aryl methyl sites for hydroxylation is 3. The molecule has 0 aliphatic heterocycles. The molecular weight excluding hydrogens is 393 g/mol. The zero-order valence-corrected chi connectivity index (χ0v) is 21.4. The van der Waals surface area contributed by atoms with Gasteiger partial charge in [-0.2, -0.15) is 0 Å². The van der Waals surface area contributed by atoms with E-state index in [1.165, 1.54) is 17.5 Å². The van der Waals surface area contributed by atoms with Gasteiger partial charge in [-0.1, -0.05) is 77.3 Å². The molecule has 0 atom stereocenters. The normalized spacial score (nSPS) is 8.27. The molecular formula is C24H42BNO3S. The Morgan fingerprint density at radius 3 is 1.77 bits per heavy atom. The second kappa shape index (κ2) is 21.8. The highest BCUT2D eigenvalue weighted by Crippen LogP contribution is 2.13. The van der Waals surface area contributed by atoms with Crippen LogP contribution in [0.25, 0.3) is 0 Å². The van der Waals surface area contributed by atoms with Crippen LogP contribution in [0, 0.1) is 20.8 Å². The minimum absolute atomic E-state index is 0.551. The van der Waals surface area contributed by atoms with Crippen LogP contribution >= 0.6 is 12.2 Å². The first kappa shape index (κ1) is 32.8. The first-order chi connectivity index (χ1) is 14.3. The lowest BCUT2D eigenvalue weighted by Crippen LogP contribution is -2.32. The van der Waals surface area contributed by atoms with E-state index in [9.17, 15) is 0 Å². The summed E-state index contributed by atoms with van der Waals surface area (Å²) in [6.07, 6.45) is 1.25. The summed E-state index contributed by atoms with van der Waals surface area (Å²) in [5.41, 5.74) is 5.95. The first-order valence-corrected chi connectivity index (χ1v) is 11.1. The topological polar surface area (TPSA) is 61.7 Å². The van der Waals surface area contributed by atoms with Crippen LogP contribution in [0.1, 0.15) is 64.7 Å². The third kappa shape index (κ3) is 15.0. The molecule has 4 nitrogen and oxygen atoms in total. The van der Waals surface area contributed by atoms with Crippen molar-refractivity contribution in [1.29, 1.82) is 0 Å². The molecule has 0 radical (unpaired) electrons. The molecule has 0 saturated heterocycles. The molecule has 2 aromatic carbocycles. The number of rotatable bonds is 4. The number of thiocarbonyl (C=S) groups is 1. The monoisotopic (exact) mass is 435 g/mol. The zero-order chi connectivity index (χ0) is 24.1. The van der Waals surface area contributed by atoms with Gasteiger partial charge in [0.2, 0.25) is 0 Å². The average molecular weight is 435 g/mol. The third-order valence-corrected chi connectivity index (χ3v) is 3.46. The highest BCUT2D eigenvalue weighted by Gasteiger charge is 2.15. The fraction of sp³-hybridized carbons (Fsp3) is 0.458. The molecule has 0 aliphatic carbocycles. The van der Waals surface area contributed by atoms with E-state index in [4.69, 9.17) is 14.8 Å². The van der Waals surface area contributed by atoms with E-state index >= 15 is 0 Å². The van der Waals surface area contributed by atoms with E-state index in [-0.39, 0.29) is 0 Å². The lowest BCUT2D eigenvalue weighted by Gasteiger charge is -2.10. The molecule has 170 valence electrons. The Morgan fingerprint density at radius 1 is 0.933 bits per heavy atom. The van der Waals surface area contributed by atoms with Crippen molar-refractivity contribution in [3.63, 3.8) is 0 Å². The van der Waals surface area contributed by atoms with Crippen molar-refractivity contribution in [1.82, 2.24) is 0 Å². The van der Waals surface area contributed by atoms with Crippen LogP contribution in [0.5, 0.6) is 5.75 Å². The smallest absolute Gasteiger partial charge is 0.454 e. The van der Waals surface area contributed by atoms with Gasteiger partial charge in [0, 0.05) is 12.7 Å². The predicted octanol–water partition coefficient (Wildman–Crippen LogP) is 5.82. The van der Waals surface area contributed by atoms with Gasteiger partial charge in [-0.15, -0.1) is 0 Å². The van der Waals surface area contributed by atoms with Gasteiger partial charge in [-0.25, -0.2) is 0 Å². The number of anilines is 1. The van der Waals surface area contributed by atoms with E-state index in [2.05, 4.69) is 31.4 Å². The van der Waals surface area contributed by atoms with Crippen molar-refractivity contribution in [3.05, 3.63) is 53.1 Å². The standard InChI is InChI=1S/C9H14BNO2.C8H8OS.C3H8.2C2H6/c1-6-4-7(2)9(11-3)5-8(6)10(12)13;1-7-2-4-8(5-3-7)9-6-10;1-3-2;2*1-2/h4-5,11-13H,1-3H3;2-6H,1H3;3H2,1-2H3;2*1-2H3. The molecule has 0 saturated carbocycles. The fourth-order valence-corrected chi connectivity index (χ4v) is 2.20. The SMILES string of the molecule is CC.CC.CCC.CNc1cc(B(O)O)c(C)cc1C.Cc1ccc(OC=S)cc1. The van der Waals surface area contributed by atoms with Gasteiger partial charge < -0.3 is 20.1 Å². The van der Waals surface area contributed by atoms with Crippen molar-refractivity contribution in [3.8, 4) is 5.75 Å². The quantitative estimate of drug-likeness (QED) is 0.417. The molecule has 2 rings (SSSR count). The Hall–Kier alpha value is -1.89. The Kier molecular flexibility index (Phi) is 23.8. The molecule has 0 heterocycles. The van der Waals surface area contributed by atoms with Gasteiger partial charge in [-0.05, 0) is 62.2 Å². The third-order valence-electron chi connectivity index (χ3n) is 3.37. The maximum atomic E-state index is 9.04. The van der Waals surface area contributed by atoms with E-state index in [0.29, 0.717) is 5.46 Å². The minimum Gasteiger partial charge on any atom is -0.454 e. The van der Waals surface area contributed by atoms with E-state index in [0.717, 1.165) is 22.6 Å². The molecule has 0 amide bonds. The van der Waals surface area contributed by atoms with Crippen LogP contribution in [-0.2, 0) is 0 Å². The number of ether oxygens (including phenoxy) is 1. The van der Waals surface area contributed by atoms with E-state index in [1.54, 1.807) is 6.07 Å². The van der Waals surface area contributed by atoms with Gasteiger partial charge in [0.05, 0.1) is 0 Å². The van der Waals surface area contributed by atoms with Gasteiger partial charge in [0.25, 0.3) is 0 Å². The molecule has 0 bridgehead atoms. The Labute approximate surface area is 190 Å². The van der Waals surface area contributed by atoms with Crippen LogP contribution in [-0.4, -0.2) is 29.8 Å². The lowest BCUT2D eigenvalue weighted by molar-refractivity contribution is 0.425. The van der Waals surface area contributed by atoms with E-state index < -0.39 is 7.12 Å². The van der Waals surface area contributed by atoms with Crippen LogP contribution in [0.15, 0.2) is 36.4 Å². The number of hydrogen-bond donors (Lipinski definition) is 3. The summed E-state index contributed by atoms with van der Waals surface area (Å²) in [5.74, 6) is 0.792. The number of nitrogens with one attached hydrogen (secondary N) is 1. The van der Waals surface area contributed by atoms with Gasteiger partial charge >= 0.3 is 7.12 Å². The van der Waals surface area contributed by atoms with Gasteiger partial charge in [-0.3, -0.25) is 0 Å². The largest absolute Gasteiger partial charge is 0.488 e. The minimum atomic E-state index is -1.40. The van der Waals surface area contributed by atoms with Gasteiger partial charge in [0.1, 0.15) is 5.75 Å². The fourth-order valence-electron chi connectivity index (χ4n) is 2.09. The molecule has 6 heteroatoms. The molecule has 30 heavy (non-hydrogen) atoms. The van der Waals surface area contributed by atoms with Gasteiger partial charge in [0.15, 0.2) is 5.55 Å². The Morgan fingerprint density at radius 2 is 1.40 bits per heavy atom. The van der Waals surface area contributed by atoms with Crippen LogP contribution < -0.4 is 15.5 Å². The predicted molar refractivity (Wildman–Crippen MR) is 139 cm³/mol. The van der Waals surface area contributed by atoms with E-state index in [1.807, 2.05) is 85.8 Å². The summed E-state index contributed by atoms with van der Waals surface area (Å²) in [7, 11) is 0.415.